The van der Waals surface area contributed by atoms with Gasteiger partial charge in [0.15, 0.2) is 5.62 Å². The van der Waals surface area contributed by atoms with E-state index >= 15 is 0 Å². The van der Waals surface area contributed by atoms with Gasteiger partial charge in [-0.25, -0.2) is 0 Å². The van der Waals surface area contributed by atoms with Crippen LogP contribution in [-0.2, 0) is 11.8 Å². The van der Waals surface area contributed by atoms with E-state index in [1.165, 1.54) is 0 Å². The lowest BCUT2D eigenvalue weighted by molar-refractivity contribution is 0.593. The van der Waals surface area contributed by atoms with Crippen molar-refractivity contribution in [3.63, 3.8) is 0 Å². The molecule has 10 heavy (non-hydrogen) atoms. The van der Waals surface area contributed by atoms with Crippen molar-refractivity contribution >= 4 is 28.7 Å². The summed E-state index contributed by atoms with van der Waals surface area (Å²) in [5.74, 6) is 0. The first kappa shape index (κ1) is 10.9. The number of hydrogen-bond donors (Lipinski definition) is 1. The monoisotopic (exact) mass is 200 g/mol. The van der Waals surface area contributed by atoms with Crippen LogP contribution in [0.4, 0.5) is 0 Å². The van der Waals surface area contributed by atoms with Crippen LogP contribution in [-0.4, -0.2) is 10.6 Å². The van der Waals surface area contributed by atoms with Gasteiger partial charge in [0.25, 0.3) is 0 Å². The van der Waals surface area contributed by atoms with Gasteiger partial charge in [-0.05, 0) is 12.8 Å². The maximum atomic E-state index is 9.30. The second-order valence-corrected chi connectivity index (χ2v) is 8.03. The zero-order valence-corrected chi connectivity index (χ0v) is 8.85. The molecule has 1 N–H and O–H groups in total. The van der Waals surface area contributed by atoms with Crippen LogP contribution in [0.5, 0.6) is 0 Å². The highest BCUT2D eigenvalue weighted by Gasteiger charge is 2.20. The number of hydrogen-bond acceptors (Lipinski definition) is 1. The van der Waals surface area contributed by atoms with E-state index in [-0.39, 0.29) is 5.66 Å². The average molecular weight is 201 g/mol. The Hall–Kier alpha value is 0.900. The highest BCUT2D eigenvalue weighted by Crippen LogP contribution is 2.54. The van der Waals surface area contributed by atoms with Crippen LogP contribution in [0.3, 0.4) is 0 Å². The predicted octanol–water partition coefficient (Wildman–Crippen LogP) is 3.11. The minimum absolute atomic E-state index is 0.161. The Morgan fingerprint density at radius 3 is 2.20 bits per heavy atom. The molecule has 0 aromatic heterocycles. The van der Waals surface area contributed by atoms with Gasteiger partial charge in [-0.15, -0.1) is 0 Å². The zero-order valence-electron chi connectivity index (χ0n) is 6.38. The molecule has 0 fully saturated rings. The van der Waals surface area contributed by atoms with Crippen molar-refractivity contribution in [2.45, 2.75) is 38.8 Å². The topological polar surface area (TPSA) is 20.2 Å². The van der Waals surface area contributed by atoms with Gasteiger partial charge in [0.1, 0.15) is 0 Å². The molecule has 0 aliphatic carbocycles. The Balaban J connectivity index is 3.94. The molecule has 0 aliphatic rings. The molecular formula is C6H14ClOPS. The third-order valence-electron chi connectivity index (χ3n) is 1.54. The molecule has 0 aliphatic heterocycles. The van der Waals surface area contributed by atoms with Crippen molar-refractivity contribution in [2.75, 3.05) is 0 Å². The normalized spacial score (nSPS) is 20.0. The summed E-state index contributed by atoms with van der Waals surface area (Å²) in [6.45, 7) is 4.09. The fraction of sp³-hybridized carbons (Fsp3) is 1.00. The lowest BCUT2D eigenvalue weighted by Gasteiger charge is -2.17. The van der Waals surface area contributed by atoms with Crippen LogP contribution in [0, 0.1) is 0 Å². The second-order valence-electron chi connectivity index (χ2n) is 2.40. The van der Waals surface area contributed by atoms with Gasteiger partial charge < -0.3 is 4.89 Å². The van der Waals surface area contributed by atoms with Crippen molar-refractivity contribution in [1.29, 1.82) is 0 Å². The summed E-state index contributed by atoms with van der Waals surface area (Å²) in [6, 6.07) is 0. The van der Waals surface area contributed by atoms with Crippen molar-refractivity contribution in [1.82, 2.24) is 0 Å². The molecule has 0 saturated heterocycles. The second kappa shape index (κ2) is 4.71. The molecule has 0 aromatic carbocycles. The largest absolute Gasteiger partial charge is 0.353 e. The molecule has 0 heterocycles. The standard InChI is InChI=1S/C6H14ClOPS/c1-3-5-6(4-2)9(7,8)10/h6H,3-5H2,1-2H3,(H,8,10). The molecule has 4 heteroatoms. The summed E-state index contributed by atoms with van der Waals surface area (Å²) < 4.78 is 0. The Bertz CT molecular complexity index is 134. The predicted molar refractivity (Wildman–Crippen MR) is 51.3 cm³/mol. The van der Waals surface area contributed by atoms with Gasteiger partial charge in [-0.1, -0.05) is 43.3 Å². The van der Waals surface area contributed by atoms with Crippen LogP contribution in [0.2, 0.25) is 0 Å². The van der Waals surface area contributed by atoms with E-state index in [1.54, 1.807) is 0 Å². The first-order chi connectivity index (χ1) is 4.52. The van der Waals surface area contributed by atoms with Crippen molar-refractivity contribution < 1.29 is 4.89 Å². The molecule has 2 unspecified atom stereocenters. The summed E-state index contributed by atoms with van der Waals surface area (Å²) in [4.78, 5) is 9.30. The van der Waals surface area contributed by atoms with E-state index < -0.39 is 5.62 Å². The fourth-order valence-corrected chi connectivity index (χ4v) is 3.42. The third-order valence-corrected chi connectivity index (χ3v) is 4.79. The average Bonchev–Trinajstić information content (AvgIpc) is 1.80. The molecule has 1 nitrogen and oxygen atoms in total. The van der Waals surface area contributed by atoms with Gasteiger partial charge in [0.05, 0.1) is 0 Å². The van der Waals surface area contributed by atoms with Crippen LogP contribution < -0.4 is 0 Å². The quantitative estimate of drug-likeness (QED) is 0.704. The maximum absolute atomic E-state index is 9.30. The van der Waals surface area contributed by atoms with Gasteiger partial charge >= 0.3 is 0 Å². The molecule has 0 radical (unpaired) electrons. The van der Waals surface area contributed by atoms with E-state index in [1.807, 2.05) is 6.92 Å². The molecule has 0 amide bonds. The lowest BCUT2D eigenvalue weighted by Crippen LogP contribution is -2.02. The smallest absolute Gasteiger partial charge is 0.151 e. The molecule has 62 valence electrons. The van der Waals surface area contributed by atoms with Crippen molar-refractivity contribution in [3.8, 4) is 0 Å². The van der Waals surface area contributed by atoms with E-state index in [4.69, 9.17) is 23.0 Å². The molecule has 2 atom stereocenters. The van der Waals surface area contributed by atoms with E-state index in [0.29, 0.717) is 0 Å². The Kier molecular flexibility index (Phi) is 5.14. The van der Waals surface area contributed by atoms with E-state index in [0.717, 1.165) is 19.3 Å². The minimum atomic E-state index is -2.49. The maximum Gasteiger partial charge on any atom is 0.151 e. The Morgan fingerprint density at radius 2 is 2.10 bits per heavy atom. The molecule has 0 saturated carbocycles. The molecular weight excluding hydrogens is 187 g/mol. The van der Waals surface area contributed by atoms with Crippen LogP contribution in [0.25, 0.3) is 0 Å². The molecule has 0 spiro atoms. The summed E-state index contributed by atoms with van der Waals surface area (Å²) in [5.41, 5.74) is -2.33. The van der Waals surface area contributed by atoms with Gasteiger partial charge in [0, 0.05) is 5.66 Å². The first-order valence-electron chi connectivity index (χ1n) is 3.54. The molecule has 0 rings (SSSR count). The summed E-state index contributed by atoms with van der Waals surface area (Å²) >= 11 is 10.5. The SMILES string of the molecule is CCCC(CC)P(O)(=S)Cl. The van der Waals surface area contributed by atoms with Crippen LogP contribution >= 0.6 is 16.9 Å². The van der Waals surface area contributed by atoms with Crippen molar-refractivity contribution in [3.05, 3.63) is 0 Å². The van der Waals surface area contributed by atoms with E-state index in [9.17, 15) is 4.89 Å². The molecule has 0 bridgehead atoms. The summed E-state index contributed by atoms with van der Waals surface area (Å²) in [5, 5.41) is 0. The lowest BCUT2D eigenvalue weighted by atomic mass is 10.2. The van der Waals surface area contributed by atoms with E-state index in [2.05, 4.69) is 6.92 Å². The van der Waals surface area contributed by atoms with Crippen LogP contribution in [0.1, 0.15) is 33.1 Å². The Labute approximate surface area is 72.7 Å². The summed E-state index contributed by atoms with van der Waals surface area (Å²) in [7, 11) is 0. The first-order valence-corrected chi connectivity index (χ1v) is 7.27. The number of halogens is 1. The number of rotatable bonds is 4. The fourth-order valence-electron chi connectivity index (χ4n) is 0.922. The van der Waals surface area contributed by atoms with Crippen molar-refractivity contribution in [2.24, 2.45) is 0 Å². The van der Waals surface area contributed by atoms with Gasteiger partial charge in [-0.2, -0.15) is 0 Å². The highest BCUT2D eigenvalue weighted by atomic mass is 35.7. The van der Waals surface area contributed by atoms with Crippen LogP contribution in [0.15, 0.2) is 0 Å². The van der Waals surface area contributed by atoms with Gasteiger partial charge in [0.2, 0.25) is 0 Å². The zero-order chi connectivity index (χ0) is 8.20. The summed E-state index contributed by atoms with van der Waals surface area (Å²) in [6.07, 6.45) is 2.89. The van der Waals surface area contributed by atoms with Gasteiger partial charge in [-0.3, -0.25) is 0 Å². The Morgan fingerprint density at radius 1 is 1.60 bits per heavy atom. The third kappa shape index (κ3) is 3.92. The molecule has 0 aromatic rings. The minimum Gasteiger partial charge on any atom is -0.353 e. The highest BCUT2D eigenvalue weighted by molar-refractivity contribution is 8.24.